The van der Waals surface area contributed by atoms with E-state index in [4.69, 9.17) is 5.73 Å². The number of likely N-dealkylation sites (tertiary alicyclic amines) is 1. The van der Waals surface area contributed by atoms with Gasteiger partial charge in [0, 0.05) is 30.9 Å². The van der Waals surface area contributed by atoms with Gasteiger partial charge in [0.15, 0.2) is 5.13 Å². The molecule has 10 heteroatoms. The van der Waals surface area contributed by atoms with E-state index in [2.05, 4.69) is 32.2 Å². The highest BCUT2D eigenvalue weighted by atomic mass is 32.1. The summed E-state index contributed by atoms with van der Waals surface area (Å²) in [6.07, 6.45) is 3.76. The topological polar surface area (TPSA) is 126 Å². The van der Waals surface area contributed by atoms with E-state index in [0.717, 1.165) is 23.1 Å². The summed E-state index contributed by atoms with van der Waals surface area (Å²) in [4.78, 5) is 39.5. The molecular weight excluding hydrogens is 438 g/mol. The van der Waals surface area contributed by atoms with E-state index >= 15 is 0 Å². The number of benzene rings is 1. The van der Waals surface area contributed by atoms with Crippen LogP contribution in [0.3, 0.4) is 0 Å². The number of aryl methyl sites for hydroxylation is 2. The fraction of sp³-hybridized carbons (Fsp3) is 0.261. The maximum Gasteiger partial charge on any atom is 0.261 e. The molecule has 0 spiro atoms. The van der Waals surface area contributed by atoms with E-state index in [-0.39, 0.29) is 11.9 Å². The standard InChI is InChI=1S/C23H25N7O2S/c1-4-17(31)30-11-9-15(12-30)26-22-25-10-8-16(27-22)28-23-29-19(20(33-23)21(24)32)18-13(2)6-5-7-14(18)3/h4-8,10,15H,1,9,11-12H2,2-3H3,(H2,24,32)(H2,25,26,27,28,29). The third-order valence-corrected chi connectivity index (χ3v) is 6.45. The van der Waals surface area contributed by atoms with Crippen LogP contribution < -0.4 is 16.4 Å². The molecule has 1 aliphatic heterocycles. The Balaban J connectivity index is 1.54. The first kappa shape index (κ1) is 22.4. The van der Waals surface area contributed by atoms with Crippen LogP contribution in [0.4, 0.5) is 16.9 Å². The number of hydrogen-bond acceptors (Lipinski definition) is 8. The Morgan fingerprint density at radius 1 is 1.24 bits per heavy atom. The minimum Gasteiger partial charge on any atom is -0.365 e. The van der Waals surface area contributed by atoms with Crippen molar-refractivity contribution in [1.82, 2.24) is 19.9 Å². The molecule has 3 heterocycles. The number of carbonyl (C=O) groups excluding carboxylic acids is 2. The van der Waals surface area contributed by atoms with Gasteiger partial charge < -0.3 is 21.3 Å². The maximum atomic E-state index is 12.1. The summed E-state index contributed by atoms with van der Waals surface area (Å²) in [5.74, 6) is 0.370. The highest BCUT2D eigenvalue weighted by molar-refractivity contribution is 7.18. The quantitative estimate of drug-likeness (QED) is 0.459. The van der Waals surface area contributed by atoms with Crippen LogP contribution in [0.2, 0.25) is 0 Å². The van der Waals surface area contributed by atoms with Gasteiger partial charge in [-0.25, -0.2) is 9.97 Å². The van der Waals surface area contributed by atoms with Crippen LogP contribution >= 0.6 is 11.3 Å². The lowest BCUT2D eigenvalue weighted by atomic mass is 9.99. The smallest absolute Gasteiger partial charge is 0.261 e. The van der Waals surface area contributed by atoms with Gasteiger partial charge in [-0.15, -0.1) is 0 Å². The SMILES string of the molecule is C=CC(=O)N1CCC(Nc2nccc(Nc3nc(-c4c(C)cccc4C)c(C(N)=O)s3)n2)C1. The summed E-state index contributed by atoms with van der Waals surface area (Å²) in [6.45, 7) is 8.73. The summed E-state index contributed by atoms with van der Waals surface area (Å²) in [6, 6.07) is 7.71. The maximum absolute atomic E-state index is 12.1. The van der Waals surface area contributed by atoms with E-state index in [0.29, 0.717) is 40.6 Å². The summed E-state index contributed by atoms with van der Waals surface area (Å²) in [5, 5.41) is 6.94. The number of nitrogens with one attached hydrogen (secondary N) is 2. The molecule has 9 nitrogen and oxygen atoms in total. The Morgan fingerprint density at radius 3 is 2.70 bits per heavy atom. The molecule has 2 aromatic heterocycles. The molecule has 1 aromatic carbocycles. The average Bonchev–Trinajstić information content (AvgIpc) is 3.41. The minimum atomic E-state index is -0.525. The molecule has 0 bridgehead atoms. The van der Waals surface area contributed by atoms with E-state index in [9.17, 15) is 9.59 Å². The fourth-order valence-corrected chi connectivity index (χ4v) is 4.73. The number of nitrogens with two attached hydrogens (primary N) is 1. The highest BCUT2D eigenvalue weighted by Gasteiger charge is 2.25. The molecule has 0 aliphatic carbocycles. The molecule has 4 N–H and O–H groups in total. The van der Waals surface area contributed by atoms with Gasteiger partial charge in [0.1, 0.15) is 10.7 Å². The lowest BCUT2D eigenvalue weighted by Crippen LogP contribution is -2.30. The number of amides is 2. The Bertz CT molecular complexity index is 1200. The van der Waals surface area contributed by atoms with Crippen molar-refractivity contribution in [1.29, 1.82) is 0 Å². The average molecular weight is 464 g/mol. The summed E-state index contributed by atoms with van der Waals surface area (Å²) >= 11 is 1.19. The molecular formula is C23H25N7O2S. The van der Waals surface area contributed by atoms with Gasteiger partial charge in [0.05, 0.1) is 5.69 Å². The largest absolute Gasteiger partial charge is 0.365 e. The lowest BCUT2D eigenvalue weighted by molar-refractivity contribution is -0.125. The van der Waals surface area contributed by atoms with E-state index in [1.54, 1.807) is 17.2 Å². The van der Waals surface area contributed by atoms with E-state index in [1.807, 2.05) is 32.0 Å². The Morgan fingerprint density at radius 2 is 2.00 bits per heavy atom. The van der Waals surface area contributed by atoms with Crippen molar-refractivity contribution in [3.8, 4) is 11.3 Å². The zero-order chi connectivity index (χ0) is 23.5. The molecule has 0 saturated carbocycles. The first-order chi connectivity index (χ1) is 15.9. The Kier molecular flexibility index (Phi) is 6.36. The van der Waals surface area contributed by atoms with Crippen molar-refractivity contribution in [3.05, 3.63) is 59.1 Å². The van der Waals surface area contributed by atoms with Crippen LogP contribution in [0.1, 0.15) is 27.2 Å². The zero-order valence-electron chi connectivity index (χ0n) is 18.5. The predicted octanol–water partition coefficient (Wildman–Crippen LogP) is 3.26. The van der Waals surface area contributed by atoms with E-state index in [1.165, 1.54) is 17.4 Å². The van der Waals surface area contributed by atoms with Crippen molar-refractivity contribution in [3.63, 3.8) is 0 Å². The van der Waals surface area contributed by atoms with Crippen LogP contribution in [0.25, 0.3) is 11.3 Å². The lowest BCUT2D eigenvalue weighted by Gasteiger charge is -2.15. The van der Waals surface area contributed by atoms with Crippen LogP contribution in [-0.2, 0) is 4.79 Å². The number of aromatic nitrogens is 3. The molecule has 1 aliphatic rings. The molecule has 170 valence electrons. The number of nitrogens with zero attached hydrogens (tertiary/aromatic N) is 4. The first-order valence-electron chi connectivity index (χ1n) is 10.5. The van der Waals surface area contributed by atoms with Gasteiger partial charge in [0.25, 0.3) is 5.91 Å². The molecule has 2 amide bonds. The molecule has 3 aromatic rings. The van der Waals surface area contributed by atoms with Crippen molar-refractivity contribution in [2.45, 2.75) is 26.3 Å². The number of rotatable bonds is 7. The second-order valence-electron chi connectivity index (χ2n) is 7.84. The van der Waals surface area contributed by atoms with Gasteiger partial charge in [-0.1, -0.05) is 36.1 Å². The predicted molar refractivity (Wildman–Crippen MR) is 130 cm³/mol. The van der Waals surface area contributed by atoms with Gasteiger partial charge in [0.2, 0.25) is 11.9 Å². The summed E-state index contributed by atoms with van der Waals surface area (Å²) in [5.41, 5.74) is 9.15. The number of thiazole rings is 1. The number of anilines is 3. The van der Waals surface area contributed by atoms with Gasteiger partial charge in [-0.3, -0.25) is 9.59 Å². The highest BCUT2D eigenvalue weighted by Crippen LogP contribution is 2.35. The number of hydrogen-bond donors (Lipinski definition) is 3. The molecule has 1 saturated heterocycles. The third-order valence-electron chi connectivity index (χ3n) is 5.47. The number of carbonyl (C=O) groups is 2. The second-order valence-corrected chi connectivity index (χ2v) is 8.84. The molecule has 1 atom stereocenters. The van der Waals surface area contributed by atoms with Crippen LogP contribution in [0.15, 0.2) is 43.1 Å². The molecule has 1 fully saturated rings. The monoisotopic (exact) mass is 463 g/mol. The Labute approximate surface area is 195 Å². The van der Waals surface area contributed by atoms with Crippen LogP contribution in [0.5, 0.6) is 0 Å². The Hall–Kier alpha value is -3.79. The molecule has 0 radical (unpaired) electrons. The van der Waals surface area contributed by atoms with Crippen molar-refractivity contribution in [2.24, 2.45) is 5.73 Å². The molecule has 4 rings (SSSR count). The first-order valence-corrected chi connectivity index (χ1v) is 11.3. The molecule has 1 unspecified atom stereocenters. The minimum absolute atomic E-state index is 0.0566. The second kappa shape index (κ2) is 9.37. The van der Waals surface area contributed by atoms with Crippen molar-refractivity contribution < 1.29 is 9.59 Å². The molecule has 33 heavy (non-hydrogen) atoms. The fourth-order valence-electron chi connectivity index (χ4n) is 3.90. The van der Waals surface area contributed by atoms with Gasteiger partial charge in [-0.05, 0) is 43.5 Å². The van der Waals surface area contributed by atoms with Crippen LogP contribution in [0, 0.1) is 13.8 Å². The number of primary amides is 1. The van der Waals surface area contributed by atoms with Crippen molar-refractivity contribution in [2.75, 3.05) is 23.7 Å². The van der Waals surface area contributed by atoms with Gasteiger partial charge in [-0.2, -0.15) is 4.98 Å². The van der Waals surface area contributed by atoms with Crippen molar-refractivity contribution >= 4 is 40.0 Å². The third kappa shape index (κ3) is 4.85. The van der Waals surface area contributed by atoms with E-state index < -0.39 is 5.91 Å². The van der Waals surface area contributed by atoms with Crippen LogP contribution in [-0.4, -0.2) is 50.8 Å². The normalized spacial score (nSPS) is 15.3. The van der Waals surface area contributed by atoms with Gasteiger partial charge >= 0.3 is 0 Å². The summed E-state index contributed by atoms with van der Waals surface area (Å²) < 4.78 is 0. The summed E-state index contributed by atoms with van der Waals surface area (Å²) in [7, 11) is 0. The zero-order valence-corrected chi connectivity index (χ0v) is 19.3.